The van der Waals surface area contributed by atoms with Gasteiger partial charge in [-0.2, -0.15) is 0 Å². The minimum Gasteiger partial charge on any atom is -0.344 e. The second-order valence-corrected chi connectivity index (χ2v) is 7.27. The highest BCUT2D eigenvalue weighted by atomic mass is 32.2. The van der Waals surface area contributed by atoms with Gasteiger partial charge in [0.15, 0.2) is 0 Å². The van der Waals surface area contributed by atoms with E-state index >= 15 is 0 Å². The summed E-state index contributed by atoms with van der Waals surface area (Å²) in [5.41, 5.74) is 0. The zero-order chi connectivity index (χ0) is 10.8. The van der Waals surface area contributed by atoms with Crippen LogP contribution < -0.4 is 0 Å². The molecule has 0 aromatic heterocycles. The molecule has 2 nitrogen and oxygen atoms in total. The van der Waals surface area contributed by atoms with Crippen molar-refractivity contribution in [1.29, 1.82) is 0 Å². The highest BCUT2D eigenvalue weighted by Gasteiger charge is 2.23. The normalized spacial score (nSPS) is 19.7. The Kier molecular flexibility index (Phi) is 3.82. The van der Waals surface area contributed by atoms with E-state index in [0.717, 1.165) is 4.91 Å². The molecular weight excluding hydrogens is 266 g/mol. The molecule has 0 N–H and O–H groups in total. The molecule has 2 heterocycles. The molecule has 0 aromatic rings. The molecule has 0 aliphatic carbocycles. The molecule has 2 aliphatic heterocycles. The number of thioether (sulfide) groups is 4. The van der Waals surface area contributed by atoms with Gasteiger partial charge < -0.3 is 4.90 Å². The third kappa shape index (κ3) is 2.61. The average molecular weight is 275 g/mol. The fraction of sp³-hybridized carbons (Fsp3) is 0.222. The third-order valence-corrected chi connectivity index (χ3v) is 6.67. The summed E-state index contributed by atoms with van der Waals surface area (Å²) in [6.07, 6.45) is 0. The lowest BCUT2D eigenvalue weighted by Gasteiger charge is -2.09. The van der Waals surface area contributed by atoms with Crippen molar-refractivity contribution in [2.45, 2.75) is 0 Å². The second-order valence-electron chi connectivity index (χ2n) is 2.98. The Morgan fingerprint density at radius 1 is 1.13 bits per heavy atom. The van der Waals surface area contributed by atoms with Crippen molar-refractivity contribution in [2.24, 2.45) is 0 Å². The molecule has 0 spiro atoms. The smallest absolute Gasteiger partial charge is 0.260 e. The minimum absolute atomic E-state index is 0.0871. The number of rotatable bonds is 1. The van der Waals surface area contributed by atoms with E-state index in [4.69, 9.17) is 0 Å². The van der Waals surface area contributed by atoms with Crippen LogP contribution >= 0.6 is 47.0 Å². The molecule has 1 amide bonds. The van der Waals surface area contributed by atoms with E-state index in [-0.39, 0.29) is 5.91 Å². The summed E-state index contributed by atoms with van der Waals surface area (Å²) < 4.78 is 2.50. The Bertz CT molecular complexity index is 374. The molecule has 0 saturated heterocycles. The molecule has 2 rings (SSSR count). The highest BCUT2D eigenvalue weighted by molar-refractivity contribution is 8.33. The van der Waals surface area contributed by atoms with E-state index in [1.165, 1.54) is 8.47 Å². The lowest BCUT2D eigenvalue weighted by molar-refractivity contribution is -0.123. The van der Waals surface area contributed by atoms with E-state index in [0.29, 0.717) is 0 Å². The summed E-state index contributed by atoms with van der Waals surface area (Å²) in [7, 11) is 3.56. The van der Waals surface area contributed by atoms with Gasteiger partial charge in [0, 0.05) is 14.1 Å². The van der Waals surface area contributed by atoms with Gasteiger partial charge in [0.05, 0.1) is 13.4 Å². The number of carbonyl (C=O) groups excluding carboxylic acids is 1. The number of amides is 1. The van der Waals surface area contributed by atoms with Crippen molar-refractivity contribution >= 4 is 53.0 Å². The van der Waals surface area contributed by atoms with Gasteiger partial charge in [-0.05, 0) is 16.2 Å². The Hall–Kier alpha value is 0.0900. The van der Waals surface area contributed by atoms with Gasteiger partial charge in [-0.15, -0.1) is 0 Å². The zero-order valence-electron chi connectivity index (χ0n) is 8.22. The van der Waals surface area contributed by atoms with Gasteiger partial charge in [0.2, 0.25) is 0 Å². The first-order valence-electron chi connectivity index (χ1n) is 4.17. The van der Waals surface area contributed by atoms with Crippen molar-refractivity contribution < 1.29 is 4.79 Å². The summed E-state index contributed by atoms with van der Waals surface area (Å²) in [5.74, 6) is 0.0871. The second kappa shape index (κ2) is 4.95. The molecule has 15 heavy (non-hydrogen) atoms. The van der Waals surface area contributed by atoms with Crippen molar-refractivity contribution in [3.63, 3.8) is 0 Å². The van der Waals surface area contributed by atoms with E-state index in [1.807, 2.05) is 5.41 Å². The van der Waals surface area contributed by atoms with Crippen molar-refractivity contribution in [3.8, 4) is 0 Å². The number of carbonyl (C=O) groups is 1. The van der Waals surface area contributed by atoms with Crippen LogP contribution in [0.4, 0.5) is 0 Å². The van der Waals surface area contributed by atoms with Gasteiger partial charge >= 0.3 is 0 Å². The van der Waals surface area contributed by atoms with E-state index in [9.17, 15) is 4.79 Å². The van der Waals surface area contributed by atoms with E-state index in [2.05, 4.69) is 10.8 Å². The van der Waals surface area contributed by atoms with Crippen LogP contribution in [-0.4, -0.2) is 24.9 Å². The standard InChI is InChI=1S/C9H9NOS4/c1-10(2)7(11)6-5-14-9(15-6)8-12-3-4-13-8/h3-5H,1-2H3. The lowest BCUT2D eigenvalue weighted by atomic mass is 10.5. The van der Waals surface area contributed by atoms with E-state index < -0.39 is 0 Å². The molecule has 0 atom stereocenters. The summed E-state index contributed by atoms with van der Waals surface area (Å²) >= 11 is 6.67. The van der Waals surface area contributed by atoms with Crippen molar-refractivity contribution in [3.05, 3.63) is 29.6 Å². The Labute approximate surface area is 106 Å². The van der Waals surface area contributed by atoms with Gasteiger partial charge in [0.1, 0.15) is 0 Å². The van der Waals surface area contributed by atoms with Crippen LogP contribution in [-0.2, 0) is 4.79 Å². The van der Waals surface area contributed by atoms with Crippen LogP contribution in [0.2, 0.25) is 0 Å². The van der Waals surface area contributed by atoms with Crippen molar-refractivity contribution in [2.75, 3.05) is 14.1 Å². The first-order chi connectivity index (χ1) is 7.18. The molecule has 0 radical (unpaired) electrons. The topological polar surface area (TPSA) is 20.3 Å². The number of hydrogen-bond acceptors (Lipinski definition) is 5. The maximum Gasteiger partial charge on any atom is 0.260 e. The molecular formula is C9H9NOS4. The van der Waals surface area contributed by atoms with Gasteiger partial charge in [-0.1, -0.05) is 47.0 Å². The SMILES string of the molecule is CN(C)C(=O)C1=CSC(=C2SC=CS2)S1. The average Bonchev–Trinajstić information content (AvgIpc) is 2.86. The zero-order valence-corrected chi connectivity index (χ0v) is 11.5. The van der Waals surface area contributed by atoms with Crippen LogP contribution in [0.25, 0.3) is 0 Å². The summed E-state index contributed by atoms with van der Waals surface area (Å²) in [6.45, 7) is 0. The lowest BCUT2D eigenvalue weighted by Crippen LogP contribution is -2.21. The summed E-state index contributed by atoms with van der Waals surface area (Å²) in [5, 5.41) is 6.08. The quantitative estimate of drug-likeness (QED) is 0.728. The Balaban J connectivity index is 2.05. The number of hydrogen-bond donors (Lipinski definition) is 0. The van der Waals surface area contributed by atoms with E-state index in [1.54, 1.807) is 66.0 Å². The fourth-order valence-corrected chi connectivity index (χ4v) is 5.43. The maximum absolute atomic E-state index is 11.7. The van der Waals surface area contributed by atoms with Crippen LogP contribution in [0.1, 0.15) is 0 Å². The molecule has 6 heteroatoms. The van der Waals surface area contributed by atoms with Gasteiger partial charge in [-0.3, -0.25) is 4.79 Å². The molecule has 0 unspecified atom stereocenters. The molecule has 0 aromatic carbocycles. The maximum atomic E-state index is 11.7. The first-order valence-corrected chi connectivity index (χ1v) is 7.63. The highest BCUT2D eigenvalue weighted by Crippen LogP contribution is 2.53. The monoisotopic (exact) mass is 275 g/mol. The summed E-state index contributed by atoms with van der Waals surface area (Å²) in [6, 6.07) is 0. The molecule has 0 fully saturated rings. The predicted octanol–water partition coefficient (Wildman–Crippen LogP) is 3.47. The van der Waals surface area contributed by atoms with Gasteiger partial charge in [0.25, 0.3) is 5.91 Å². The fourth-order valence-electron chi connectivity index (χ4n) is 0.962. The Morgan fingerprint density at radius 2 is 1.80 bits per heavy atom. The molecule has 2 aliphatic rings. The van der Waals surface area contributed by atoms with Gasteiger partial charge in [-0.25, -0.2) is 0 Å². The number of nitrogens with zero attached hydrogens (tertiary/aromatic N) is 1. The minimum atomic E-state index is 0.0871. The third-order valence-electron chi connectivity index (χ3n) is 1.67. The molecule has 80 valence electrons. The van der Waals surface area contributed by atoms with Crippen LogP contribution in [0, 0.1) is 0 Å². The molecule has 0 bridgehead atoms. The number of likely N-dealkylation sites (N-methyl/N-ethyl adjacent to an activating group) is 1. The van der Waals surface area contributed by atoms with Crippen LogP contribution in [0.15, 0.2) is 29.6 Å². The Morgan fingerprint density at radius 3 is 2.40 bits per heavy atom. The predicted molar refractivity (Wildman–Crippen MR) is 73.3 cm³/mol. The van der Waals surface area contributed by atoms with Crippen LogP contribution in [0.5, 0.6) is 0 Å². The molecule has 0 saturated carbocycles. The summed E-state index contributed by atoms with van der Waals surface area (Å²) in [4.78, 5) is 14.1. The van der Waals surface area contributed by atoms with Crippen LogP contribution in [0.3, 0.4) is 0 Å². The van der Waals surface area contributed by atoms with Crippen molar-refractivity contribution in [1.82, 2.24) is 4.90 Å². The largest absolute Gasteiger partial charge is 0.344 e. The first kappa shape index (κ1) is 11.6.